The molecule has 0 bridgehead atoms. The van der Waals surface area contributed by atoms with Crippen molar-refractivity contribution in [1.82, 2.24) is 4.90 Å². The van der Waals surface area contributed by atoms with Crippen molar-refractivity contribution in [2.24, 2.45) is 0 Å². The van der Waals surface area contributed by atoms with E-state index in [1.165, 1.54) is 18.7 Å². The average Bonchev–Trinajstić information content (AvgIpc) is 2.66. The summed E-state index contributed by atoms with van der Waals surface area (Å²) in [6.07, 6.45) is 6.48. The Balaban J connectivity index is 1.96. The quantitative estimate of drug-likeness (QED) is 0.352. The lowest BCUT2D eigenvalue weighted by Crippen LogP contribution is -2.44. The van der Waals surface area contributed by atoms with E-state index in [1.54, 1.807) is 24.3 Å². The largest absolute Gasteiger partial charge is 0.427 e. The summed E-state index contributed by atoms with van der Waals surface area (Å²) in [7, 11) is 0. The van der Waals surface area contributed by atoms with Gasteiger partial charge in [-0.2, -0.15) is 10.5 Å². The van der Waals surface area contributed by atoms with E-state index in [2.05, 4.69) is 21.9 Å². The number of allylic oxidation sites excluding steroid dienone is 4. The number of hydrogen-bond acceptors (Lipinski definition) is 6. The van der Waals surface area contributed by atoms with Crippen molar-refractivity contribution < 1.29 is 9.53 Å². The van der Waals surface area contributed by atoms with Gasteiger partial charge in [0, 0.05) is 44.9 Å². The van der Waals surface area contributed by atoms with Crippen LogP contribution in [0.2, 0.25) is 0 Å². The Bertz CT molecular complexity index is 773. The van der Waals surface area contributed by atoms with E-state index in [0.29, 0.717) is 0 Å². The SMILES string of the molecule is CC(=O)O/C(C=C(C#N)C#N)=C/C=C/N1CCN(c2ccccc2)CC1. The molecule has 26 heavy (non-hydrogen) atoms. The number of nitrogens with zero attached hydrogens (tertiary/aromatic N) is 4. The van der Waals surface area contributed by atoms with Crippen LogP contribution in [-0.4, -0.2) is 37.0 Å². The first-order chi connectivity index (χ1) is 12.6. The van der Waals surface area contributed by atoms with Crippen molar-refractivity contribution >= 4 is 11.7 Å². The number of piperazine rings is 1. The average molecular weight is 348 g/mol. The van der Waals surface area contributed by atoms with Gasteiger partial charge in [-0.15, -0.1) is 0 Å². The van der Waals surface area contributed by atoms with Gasteiger partial charge in [-0.05, 0) is 30.5 Å². The summed E-state index contributed by atoms with van der Waals surface area (Å²) in [5.41, 5.74) is 1.10. The lowest BCUT2D eigenvalue weighted by atomic mass is 10.2. The smallest absolute Gasteiger partial charge is 0.308 e. The molecule has 6 heteroatoms. The summed E-state index contributed by atoms with van der Waals surface area (Å²) in [4.78, 5) is 15.6. The molecule has 1 aliphatic heterocycles. The molecule has 1 aromatic rings. The number of ether oxygens (including phenoxy) is 1. The van der Waals surface area contributed by atoms with Gasteiger partial charge in [0.05, 0.1) is 0 Å². The molecule has 0 saturated carbocycles. The Kier molecular flexibility index (Phi) is 7.03. The Morgan fingerprint density at radius 3 is 2.35 bits per heavy atom. The molecule has 2 rings (SSSR count). The van der Waals surface area contributed by atoms with Gasteiger partial charge in [0.2, 0.25) is 0 Å². The molecule has 6 nitrogen and oxygen atoms in total. The number of anilines is 1. The minimum absolute atomic E-state index is 0.123. The molecular weight excluding hydrogens is 328 g/mol. The molecule has 0 N–H and O–H groups in total. The predicted octanol–water partition coefficient (Wildman–Crippen LogP) is 2.74. The van der Waals surface area contributed by atoms with Crippen molar-refractivity contribution in [3.05, 3.63) is 66.1 Å². The highest BCUT2D eigenvalue weighted by atomic mass is 16.5. The van der Waals surface area contributed by atoms with Crippen LogP contribution in [0.1, 0.15) is 6.92 Å². The second-order valence-corrected chi connectivity index (χ2v) is 5.64. The molecule has 1 aromatic carbocycles. The van der Waals surface area contributed by atoms with Crippen LogP contribution in [0, 0.1) is 22.7 Å². The van der Waals surface area contributed by atoms with Crippen LogP contribution in [0.5, 0.6) is 0 Å². The van der Waals surface area contributed by atoms with Crippen LogP contribution in [0.15, 0.2) is 66.1 Å². The summed E-state index contributed by atoms with van der Waals surface area (Å²) < 4.78 is 5.01. The maximum atomic E-state index is 11.1. The minimum Gasteiger partial charge on any atom is -0.427 e. The molecule has 0 amide bonds. The van der Waals surface area contributed by atoms with Crippen molar-refractivity contribution in [3.8, 4) is 12.1 Å². The van der Waals surface area contributed by atoms with E-state index in [-0.39, 0.29) is 11.3 Å². The van der Waals surface area contributed by atoms with Gasteiger partial charge in [-0.25, -0.2) is 0 Å². The Labute approximate surface area is 153 Å². The first-order valence-corrected chi connectivity index (χ1v) is 8.25. The molecule has 0 atom stereocenters. The van der Waals surface area contributed by atoms with E-state index in [0.717, 1.165) is 26.2 Å². The fourth-order valence-electron chi connectivity index (χ4n) is 2.54. The molecule has 0 aliphatic carbocycles. The zero-order chi connectivity index (χ0) is 18.8. The summed E-state index contributed by atoms with van der Waals surface area (Å²) >= 11 is 0. The number of hydrogen-bond donors (Lipinski definition) is 0. The molecule has 1 saturated heterocycles. The van der Waals surface area contributed by atoms with E-state index in [9.17, 15) is 4.79 Å². The maximum absolute atomic E-state index is 11.1. The number of para-hydroxylation sites is 1. The summed E-state index contributed by atoms with van der Waals surface area (Å²) in [5.74, 6) is -0.345. The number of esters is 1. The highest BCUT2D eigenvalue weighted by Gasteiger charge is 2.14. The van der Waals surface area contributed by atoms with Gasteiger partial charge in [-0.3, -0.25) is 4.79 Å². The van der Waals surface area contributed by atoms with Gasteiger partial charge in [0.1, 0.15) is 23.5 Å². The zero-order valence-electron chi connectivity index (χ0n) is 14.6. The molecule has 132 valence electrons. The summed E-state index contributed by atoms with van der Waals surface area (Å²) in [6.45, 7) is 4.86. The van der Waals surface area contributed by atoms with Gasteiger partial charge in [0.15, 0.2) is 0 Å². The van der Waals surface area contributed by atoms with Crippen LogP contribution >= 0.6 is 0 Å². The van der Waals surface area contributed by atoms with E-state index in [4.69, 9.17) is 15.3 Å². The molecule has 0 spiro atoms. The van der Waals surface area contributed by atoms with Gasteiger partial charge in [0.25, 0.3) is 0 Å². The fourth-order valence-corrected chi connectivity index (χ4v) is 2.54. The van der Waals surface area contributed by atoms with E-state index >= 15 is 0 Å². The molecule has 1 aliphatic rings. The Morgan fingerprint density at radius 1 is 1.12 bits per heavy atom. The summed E-state index contributed by atoms with van der Waals surface area (Å²) in [6, 6.07) is 13.8. The standard InChI is InChI=1S/C20H20N4O2/c1-17(25)26-20(14-18(15-21)16-22)8-5-9-23-10-12-24(13-11-23)19-6-3-2-4-7-19/h2-9,14H,10-13H2,1H3/b9-5+,20-8+. The third kappa shape index (κ3) is 5.85. The number of rotatable bonds is 5. The van der Waals surface area contributed by atoms with Crippen LogP contribution in [0.25, 0.3) is 0 Å². The normalized spacial score (nSPS) is 14.5. The van der Waals surface area contributed by atoms with Crippen molar-refractivity contribution in [1.29, 1.82) is 10.5 Å². The highest BCUT2D eigenvalue weighted by Crippen LogP contribution is 2.15. The Morgan fingerprint density at radius 2 is 1.77 bits per heavy atom. The second kappa shape index (κ2) is 9.71. The first-order valence-electron chi connectivity index (χ1n) is 8.25. The molecule has 0 radical (unpaired) electrons. The van der Waals surface area contributed by atoms with Gasteiger partial charge >= 0.3 is 5.97 Å². The Hall–Kier alpha value is -3.51. The minimum atomic E-state index is -0.507. The molecule has 0 aromatic heterocycles. The van der Waals surface area contributed by atoms with Crippen molar-refractivity contribution in [2.75, 3.05) is 31.1 Å². The van der Waals surface area contributed by atoms with Crippen LogP contribution in [-0.2, 0) is 9.53 Å². The topological polar surface area (TPSA) is 80.4 Å². The summed E-state index contributed by atoms with van der Waals surface area (Å²) in [5, 5.41) is 17.6. The van der Waals surface area contributed by atoms with Crippen LogP contribution in [0.4, 0.5) is 5.69 Å². The monoisotopic (exact) mass is 348 g/mol. The van der Waals surface area contributed by atoms with Gasteiger partial charge in [-0.1, -0.05) is 18.2 Å². The first kappa shape index (κ1) is 18.8. The second-order valence-electron chi connectivity index (χ2n) is 5.64. The number of carbonyl (C=O) groups excluding carboxylic acids is 1. The number of benzene rings is 1. The van der Waals surface area contributed by atoms with Crippen molar-refractivity contribution in [3.63, 3.8) is 0 Å². The van der Waals surface area contributed by atoms with E-state index < -0.39 is 5.97 Å². The lowest BCUT2D eigenvalue weighted by molar-refractivity contribution is -0.136. The van der Waals surface area contributed by atoms with Crippen LogP contribution in [0.3, 0.4) is 0 Å². The molecular formula is C20H20N4O2. The molecule has 1 heterocycles. The third-order valence-electron chi connectivity index (χ3n) is 3.78. The lowest BCUT2D eigenvalue weighted by Gasteiger charge is -2.35. The van der Waals surface area contributed by atoms with Crippen molar-refractivity contribution in [2.45, 2.75) is 6.92 Å². The zero-order valence-corrected chi connectivity index (χ0v) is 14.6. The van der Waals surface area contributed by atoms with Crippen LogP contribution < -0.4 is 4.90 Å². The predicted molar refractivity (Wildman–Crippen MR) is 98.5 cm³/mol. The highest BCUT2D eigenvalue weighted by molar-refractivity contribution is 5.68. The molecule has 1 fully saturated rings. The third-order valence-corrected chi connectivity index (χ3v) is 3.78. The van der Waals surface area contributed by atoms with Gasteiger partial charge < -0.3 is 14.5 Å². The number of carbonyl (C=O) groups is 1. The maximum Gasteiger partial charge on any atom is 0.308 e. The molecule has 0 unspecified atom stereocenters. The number of nitriles is 2. The van der Waals surface area contributed by atoms with E-state index in [1.807, 2.05) is 24.4 Å². The fraction of sp³-hybridized carbons (Fsp3) is 0.250.